The van der Waals surface area contributed by atoms with Gasteiger partial charge in [-0.2, -0.15) is 5.26 Å². The number of nitrogens with zero attached hydrogens (tertiary/aromatic N) is 5. The molecule has 29 heavy (non-hydrogen) atoms. The second kappa shape index (κ2) is 6.27. The fourth-order valence-electron chi connectivity index (χ4n) is 4.61. The van der Waals surface area contributed by atoms with E-state index in [2.05, 4.69) is 19.9 Å². The first-order valence-corrected chi connectivity index (χ1v) is 9.49. The molecule has 1 saturated carbocycles. The van der Waals surface area contributed by atoms with Crippen molar-refractivity contribution in [3.63, 3.8) is 0 Å². The summed E-state index contributed by atoms with van der Waals surface area (Å²) >= 11 is 0. The van der Waals surface area contributed by atoms with Gasteiger partial charge in [-0.05, 0) is 37.1 Å². The highest BCUT2D eigenvalue weighted by Crippen LogP contribution is 2.51. The van der Waals surface area contributed by atoms with E-state index in [9.17, 15) is 9.18 Å². The van der Waals surface area contributed by atoms with Gasteiger partial charge in [0.15, 0.2) is 0 Å². The van der Waals surface area contributed by atoms with E-state index in [0.717, 1.165) is 35.8 Å². The summed E-state index contributed by atoms with van der Waals surface area (Å²) < 4.78 is 13.8. The highest BCUT2D eigenvalue weighted by molar-refractivity contribution is 5.95. The molecule has 1 aliphatic carbocycles. The van der Waals surface area contributed by atoms with Gasteiger partial charge in [-0.1, -0.05) is 0 Å². The third-order valence-corrected chi connectivity index (χ3v) is 6.23. The number of rotatable bonds is 3. The van der Waals surface area contributed by atoms with Crippen LogP contribution in [0, 0.1) is 22.6 Å². The number of aromatic amines is 1. The van der Waals surface area contributed by atoms with Gasteiger partial charge in [0.2, 0.25) is 0 Å². The molecule has 0 atom stereocenters. The van der Waals surface area contributed by atoms with E-state index in [1.54, 1.807) is 17.3 Å². The van der Waals surface area contributed by atoms with Crippen molar-refractivity contribution in [3.8, 4) is 6.07 Å². The number of anilines is 1. The van der Waals surface area contributed by atoms with Gasteiger partial charge < -0.3 is 14.8 Å². The second-order valence-electron chi connectivity index (χ2n) is 8.08. The van der Waals surface area contributed by atoms with Crippen molar-refractivity contribution in [1.82, 2.24) is 19.9 Å². The van der Waals surface area contributed by atoms with E-state index in [1.165, 1.54) is 12.1 Å². The Labute approximate surface area is 166 Å². The molecule has 1 N–H and O–H groups in total. The van der Waals surface area contributed by atoms with Gasteiger partial charge in [0, 0.05) is 43.4 Å². The first-order chi connectivity index (χ1) is 14.0. The number of fused-ring (bicyclic) bond motifs is 1. The molecule has 0 radical (unpaired) electrons. The van der Waals surface area contributed by atoms with Crippen LogP contribution in [0.25, 0.3) is 11.0 Å². The van der Waals surface area contributed by atoms with Crippen LogP contribution in [0.4, 0.5) is 10.2 Å². The monoisotopic (exact) mass is 390 g/mol. The molecule has 1 amide bonds. The maximum Gasteiger partial charge on any atom is 0.253 e. The predicted octanol–water partition coefficient (Wildman–Crippen LogP) is 2.71. The van der Waals surface area contributed by atoms with E-state index < -0.39 is 5.82 Å². The van der Waals surface area contributed by atoms with E-state index in [0.29, 0.717) is 24.7 Å². The number of aromatic nitrogens is 3. The molecule has 5 rings (SSSR count). The van der Waals surface area contributed by atoms with Crippen molar-refractivity contribution in [2.24, 2.45) is 5.41 Å². The number of benzene rings is 1. The molecule has 3 aromatic rings. The third kappa shape index (κ3) is 2.73. The minimum atomic E-state index is -0.653. The van der Waals surface area contributed by atoms with Crippen LogP contribution in [0.5, 0.6) is 0 Å². The molecule has 1 spiro atoms. The number of likely N-dealkylation sites (tertiary alicyclic amines) is 1. The van der Waals surface area contributed by atoms with Gasteiger partial charge in [0.05, 0.1) is 10.9 Å². The van der Waals surface area contributed by atoms with Crippen molar-refractivity contribution in [1.29, 1.82) is 5.26 Å². The third-order valence-electron chi connectivity index (χ3n) is 6.23. The predicted molar refractivity (Wildman–Crippen MR) is 105 cm³/mol. The lowest BCUT2D eigenvalue weighted by Crippen LogP contribution is -2.67. The van der Waals surface area contributed by atoms with Crippen molar-refractivity contribution in [2.45, 2.75) is 18.9 Å². The van der Waals surface area contributed by atoms with Crippen molar-refractivity contribution < 1.29 is 9.18 Å². The number of hydrogen-bond acceptors (Lipinski definition) is 5. The Hall–Kier alpha value is -3.47. The summed E-state index contributed by atoms with van der Waals surface area (Å²) in [5.41, 5.74) is 1.21. The van der Waals surface area contributed by atoms with Crippen LogP contribution < -0.4 is 4.90 Å². The lowest BCUT2D eigenvalue weighted by molar-refractivity contribution is -0.0541. The number of carbonyl (C=O) groups is 1. The quantitative estimate of drug-likeness (QED) is 0.743. The second-order valence-corrected chi connectivity index (χ2v) is 8.08. The molecule has 146 valence electrons. The lowest BCUT2D eigenvalue weighted by Gasteiger charge is -2.60. The number of amides is 1. The minimum absolute atomic E-state index is 0.0484. The number of H-pyrrole nitrogens is 1. The number of carbonyl (C=O) groups excluding carboxylic acids is 1. The number of nitrogens with one attached hydrogen (secondary N) is 1. The molecule has 8 heteroatoms. The molecule has 1 aromatic carbocycles. The van der Waals surface area contributed by atoms with E-state index in [-0.39, 0.29) is 16.9 Å². The Kier molecular flexibility index (Phi) is 3.81. The Morgan fingerprint density at radius 2 is 2.14 bits per heavy atom. The highest BCUT2D eigenvalue weighted by Gasteiger charge is 2.55. The van der Waals surface area contributed by atoms with Gasteiger partial charge in [-0.15, -0.1) is 0 Å². The summed E-state index contributed by atoms with van der Waals surface area (Å²) in [6, 6.07) is 8.15. The molecular formula is C21H19FN6O. The topological polar surface area (TPSA) is 88.9 Å². The minimum Gasteiger partial charge on any atom is -0.356 e. The number of nitriles is 1. The van der Waals surface area contributed by atoms with Crippen LogP contribution in [-0.4, -0.2) is 51.9 Å². The van der Waals surface area contributed by atoms with Gasteiger partial charge in [0.25, 0.3) is 5.91 Å². The maximum absolute atomic E-state index is 13.8. The standard InChI is InChI=1S/C21H19FN6O/c1-27(19-16-4-5-24-18(16)25-12-26-19)15-7-21(8-15)10-28(11-21)20(29)13-2-3-14(9-23)17(22)6-13/h2-6,12,15H,7-8,10-11H2,1H3,(H,24,25,26). The van der Waals surface area contributed by atoms with Gasteiger partial charge in [0.1, 0.15) is 29.7 Å². The zero-order valence-corrected chi connectivity index (χ0v) is 15.9. The SMILES string of the molecule is CN(c1ncnc2[nH]ccc12)C1CC2(C1)CN(C(=O)c1ccc(C#N)c(F)c1)C2. The van der Waals surface area contributed by atoms with Gasteiger partial charge in [-0.25, -0.2) is 14.4 Å². The molecule has 3 heterocycles. The summed E-state index contributed by atoms with van der Waals surface area (Å²) in [6.45, 7) is 1.36. The zero-order chi connectivity index (χ0) is 20.2. The Morgan fingerprint density at radius 3 is 2.86 bits per heavy atom. The molecule has 1 saturated heterocycles. The van der Waals surface area contributed by atoms with Crippen molar-refractivity contribution in [2.75, 3.05) is 25.0 Å². The average Bonchev–Trinajstić information content (AvgIpc) is 3.14. The molecule has 2 aromatic heterocycles. The first-order valence-electron chi connectivity index (χ1n) is 9.49. The fourth-order valence-corrected chi connectivity index (χ4v) is 4.61. The summed E-state index contributed by atoms with van der Waals surface area (Å²) in [5.74, 6) is 0.0805. The summed E-state index contributed by atoms with van der Waals surface area (Å²) in [7, 11) is 2.05. The molecule has 2 fully saturated rings. The summed E-state index contributed by atoms with van der Waals surface area (Å²) in [6.07, 6.45) is 5.41. The average molecular weight is 390 g/mol. The Bertz CT molecular complexity index is 1150. The number of hydrogen-bond donors (Lipinski definition) is 1. The molecule has 0 unspecified atom stereocenters. The zero-order valence-electron chi connectivity index (χ0n) is 15.9. The Morgan fingerprint density at radius 1 is 1.34 bits per heavy atom. The number of halogens is 1. The van der Waals surface area contributed by atoms with E-state index in [1.807, 2.05) is 19.3 Å². The maximum atomic E-state index is 13.8. The van der Waals surface area contributed by atoms with Crippen molar-refractivity contribution in [3.05, 3.63) is 53.7 Å². The van der Waals surface area contributed by atoms with Crippen LogP contribution in [0.1, 0.15) is 28.8 Å². The van der Waals surface area contributed by atoms with Crippen molar-refractivity contribution >= 4 is 22.8 Å². The van der Waals surface area contributed by atoms with Crippen LogP contribution in [0.3, 0.4) is 0 Å². The van der Waals surface area contributed by atoms with Gasteiger partial charge >= 0.3 is 0 Å². The van der Waals surface area contributed by atoms with Crippen LogP contribution in [0.15, 0.2) is 36.8 Å². The smallest absolute Gasteiger partial charge is 0.253 e. The molecule has 0 bridgehead atoms. The first kappa shape index (κ1) is 17.6. The molecule has 1 aliphatic heterocycles. The summed E-state index contributed by atoms with van der Waals surface area (Å²) in [4.78, 5) is 28.4. The van der Waals surface area contributed by atoms with Crippen LogP contribution >= 0.6 is 0 Å². The summed E-state index contributed by atoms with van der Waals surface area (Å²) in [5, 5.41) is 9.83. The molecular weight excluding hydrogens is 371 g/mol. The molecule has 7 nitrogen and oxygen atoms in total. The van der Waals surface area contributed by atoms with Crippen LogP contribution in [-0.2, 0) is 0 Å². The highest BCUT2D eigenvalue weighted by atomic mass is 19.1. The molecule has 2 aliphatic rings. The van der Waals surface area contributed by atoms with E-state index >= 15 is 0 Å². The van der Waals surface area contributed by atoms with Crippen LogP contribution in [0.2, 0.25) is 0 Å². The van der Waals surface area contributed by atoms with E-state index in [4.69, 9.17) is 5.26 Å². The normalized spacial score (nSPS) is 17.6. The largest absolute Gasteiger partial charge is 0.356 e. The Balaban J connectivity index is 1.22. The fraction of sp³-hybridized carbons (Fsp3) is 0.333. The lowest BCUT2D eigenvalue weighted by atomic mass is 9.60. The van der Waals surface area contributed by atoms with Gasteiger partial charge in [-0.3, -0.25) is 4.79 Å².